The van der Waals surface area contributed by atoms with E-state index in [0.29, 0.717) is 5.56 Å². The van der Waals surface area contributed by atoms with E-state index in [1.807, 2.05) is 0 Å². The molecule has 1 N–H and O–H groups in total. The van der Waals surface area contributed by atoms with E-state index in [-0.39, 0.29) is 15.5 Å². The van der Waals surface area contributed by atoms with E-state index in [0.717, 1.165) is 0 Å². The molecule has 0 atom stereocenters. The number of esters is 1. The lowest BCUT2D eigenvalue weighted by Gasteiger charge is -2.03. The molecule has 0 bridgehead atoms. The highest BCUT2D eigenvalue weighted by atomic mass is 32.2. The number of aromatic nitrogens is 1. The first-order chi connectivity index (χ1) is 8.98. The molecule has 19 heavy (non-hydrogen) atoms. The van der Waals surface area contributed by atoms with E-state index in [2.05, 4.69) is 9.72 Å². The lowest BCUT2D eigenvalue weighted by molar-refractivity contribution is 0.0594. The summed E-state index contributed by atoms with van der Waals surface area (Å²) in [6.45, 7) is 1.57. The van der Waals surface area contributed by atoms with Crippen LogP contribution in [-0.2, 0) is 14.6 Å². The molecule has 0 amide bonds. The smallest absolute Gasteiger partial charge is 0.354 e. The van der Waals surface area contributed by atoms with E-state index in [4.69, 9.17) is 0 Å². The highest BCUT2D eigenvalue weighted by molar-refractivity contribution is 7.91. The second-order valence-electron chi connectivity index (χ2n) is 3.96. The van der Waals surface area contributed by atoms with Crippen LogP contribution in [0, 0.1) is 6.92 Å². The lowest BCUT2D eigenvalue weighted by atomic mass is 10.3. The number of hydrogen-bond donors (Lipinski definition) is 1. The molecule has 0 saturated heterocycles. The van der Waals surface area contributed by atoms with Crippen molar-refractivity contribution in [1.29, 1.82) is 0 Å². The Bertz CT molecular complexity index is 701. The molecule has 0 saturated carbocycles. The van der Waals surface area contributed by atoms with Crippen molar-refractivity contribution in [3.8, 4) is 0 Å². The molecule has 0 radical (unpaired) electrons. The fraction of sp³-hybridized carbons (Fsp3) is 0.154. The Hall–Kier alpha value is -2.08. The van der Waals surface area contributed by atoms with Gasteiger partial charge in [0.15, 0.2) is 0 Å². The summed E-state index contributed by atoms with van der Waals surface area (Å²) in [7, 11) is -2.39. The standard InChI is InChI=1S/C13H13NO4S/c1-9-11(8-14-12(9)13(15)18-2)19(16,17)10-6-4-3-5-7-10/h3-8,14H,1-2H3. The van der Waals surface area contributed by atoms with Gasteiger partial charge in [-0.3, -0.25) is 0 Å². The number of benzene rings is 1. The molecular formula is C13H13NO4S. The molecule has 0 aliphatic heterocycles. The zero-order valence-electron chi connectivity index (χ0n) is 10.5. The maximum absolute atomic E-state index is 12.4. The first-order valence-corrected chi connectivity index (χ1v) is 7.03. The molecule has 0 aliphatic carbocycles. The molecule has 0 aliphatic rings. The average Bonchev–Trinajstić information content (AvgIpc) is 2.81. The van der Waals surface area contributed by atoms with E-state index in [9.17, 15) is 13.2 Å². The van der Waals surface area contributed by atoms with Crippen LogP contribution in [0.3, 0.4) is 0 Å². The van der Waals surface area contributed by atoms with Gasteiger partial charge in [0.2, 0.25) is 9.84 Å². The summed E-state index contributed by atoms with van der Waals surface area (Å²) in [6, 6.07) is 8.06. The number of carbonyl (C=O) groups excluding carboxylic acids is 1. The summed E-state index contributed by atoms with van der Waals surface area (Å²) < 4.78 is 29.4. The average molecular weight is 279 g/mol. The minimum atomic E-state index is -3.63. The van der Waals surface area contributed by atoms with Gasteiger partial charge in [-0.15, -0.1) is 0 Å². The van der Waals surface area contributed by atoms with Crippen molar-refractivity contribution in [2.45, 2.75) is 16.7 Å². The number of ether oxygens (including phenoxy) is 1. The summed E-state index contributed by atoms with van der Waals surface area (Å²) in [5, 5.41) is 0. The van der Waals surface area contributed by atoms with Crippen molar-refractivity contribution in [1.82, 2.24) is 4.98 Å². The predicted octanol–water partition coefficient (Wildman–Crippen LogP) is 1.94. The molecule has 0 unspecified atom stereocenters. The van der Waals surface area contributed by atoms with Crippen molar-refractivity contribution in [2.75, 3.05) is 7.11 Å². The zero-order valence-corrected chi connectivity index (χ0v) is 11.3. The van der Waals surface area contributed by atoms with Crippen molar-refractivity contribution in [3.05, 3.63) is 47.8 Å². The second-order valence-corrected chi connectivity index (χ2v) is 5.88. The molecule has 1 heterocycles. The van der Waals surface area contributed by atoms with Crippen molar-refractivity contribution in [3.63, 3.8) is 0 Å². The Morgan fingerprint density at radius 1 is 1.21 bits per heavy atom. The van der Waals surface area contributed by atoms with Gasteiger partial charge in [0.1, 0.15) is 5.69 Å². The third kappa shape index (κ3) is 2.26. The van der Waals surface area contributed by atoms with Gasteiger partial charge in [-0.05, 0) is 19.1 Å². The van der Waals surface area contributed by atoms with Crippen LogP contribution in [-0.4, -0.2) is 26.5 Å². The van der Waals surface area contributed by atoms with Crippen molar-refractivity contribution < 1.29 is 17.9 Å². The molecule has 0 fully saturated rings. The quantitative estimate of drug-likeness (QED) is 0.871. The molecule has 1 aromatic carbocycles. The lowest BCUT2D eigenvalue weighted by Crippen LogP contribution is -2.06. The van der Waals surface area contributed by atoms with Crippen molar-refractivity contribution in [2.24, 2.45) is 0 Å². The predicted molar refractivity (Wildman–Crippen MR) is 68.8 cm³/mol. The molecule has 100 valence electrons. The number of sulfone groups is 1. The van der Waals surface area contributed by atoms with Gasteiger partial charge in [0.05, 0.1) is 16.9 Å². The van der Waals surface area contributed by atoms with Crippen LogP contribution in [0.2, 0.25) is 0 Å². The molecule has 6 heteroatoms. The van der Waals surface area contributed by atoms with E-state index in [1.165, 1.54) is 25.4 Å². The van der Waals surface area contributed by atoms with Gasteiger partial charge in [-0.1, -0.05) is 18.2 Å². The van der Waals surface area contributed by atoms with Crippen LogP contribution < -0.4 is 0 Å². The second kappa shape index (κ2) is 4.89. The Morgan fingerprint density at radius 3 is 2.42 bits per heavy atom. The van der Waals surface area contributed by atoms with Gasteiger partial charge in [-0.2, -0.15) is 0 Å². The van der Waals surface area contributed by atoms with E-state index >= 15 is 0 Å². The highest BCUT2D eigenvalue weighted by Crippen LogP contribution is 2.25. The largest absolute Gasteiger partial charge is 0.464 e. The summed E-state index contributed by atoms with van der Waals surface area (Å²) in [5.74, 6) is -0.591. The summed E-state index contributed by atoms with van der Waals surface area (Å²) in [6.07, 6.45) is 1.31. The van der Waals surface area contributed by atoms with Crippen molar-refractivity contribution >= 4 is 15.8 Å². The Balaban J connectivity index is 2.55. The molecule has 2 rings (SSSR count). The maximum atomic E-state index is 12.4. The van der Waals surface area contributed by atoms with Crippen LogP contribution in [0.25, 0.3) is 0 Å². The first-order valence-electron chi connectivity index (χ1n) is 5.55. The minimum Gasteiger partial charge on any atom is -0.464 e. The SMILES string of the molecule is COC(=O)c1[nH]cc(S(=O)(=O)c2ccccc2)c1C. The number of nitrogens with one attached hydrogen (secondary N) is 1. The topological polar surface area (TPSA) is 76.2 Å². The molecule has 5 nitrogen and oxygen atoms in total. The first kappa shape index (κ1) is 13.4. The van der Waals surface area contributed by atoms with Gasteiger partial charge >= 0.3 is 5.97 Å². The Morgan fingerprint density at radius 2 is 1.84 bits per heavy atom. The Labute approximate surface area is 111 Å². The van der Waals surface area contributed by atoms with Gasteiger partial charge in [0.25, 0.3) is 0 Å². The third-order valence-electron chi connectivity index (χ3n) is 2.82. The van der Waals surface area contributed by atoms with Crippen LogP contribution in [0.5, 0.6) is 0 Å². The fourth-order valence-corrected chi connectivity index (χ4v) is 3.29. The minimum absolute atomic E-state index is 0.0825. The van der Waals surface area contributed by atoms with Crippen LogP contribution in [0.4, 0.5) is 0 Å². The highest BCUT2D eigenvalue weighted by Gasteiger charge is 2.25. The fourth-order valence-electron chi connectivity index (χ4n) is 1.80. The van der Waals surface area contributed by atoms with Crippen LogP contribution >= 0.6 is 0 Å². The summed E-state index contributed by atoms with van der Waals surface area (Å²) in [5.41, 5.74) is 0.507. The maximum Gasteiger partial charge on any atom is 0.354 e. The third-order valence-corrected chi connectivity index (χ3v) is 4.72. The number of H-pyrrole nitrogens is 1. The number of aromatic amines is 1. The van der Waals surface area contributed by atoms with Crippen LogP contribution in [0.1, 0.15) is 16.1 Å². The number of methoxy groups -OCH3 is 1. The number of hydrogen-bond acceptors (Lipinski definition) is 4. The molecule has 0 spiro atoms. The van der Waals surface area contributed by atoms with E-state index in [1.54, 1.807) is 25.1 Å². The van der Waals surface area contributed by atoms with E-state index < -0.39 is 15.8 Å². The number of rotatable bonds is 3. The summed E-state index contributed by atoms with van der Waals surface area (Å²) >= 11 is 0. The van der Waals surface area contributed by atoms with Crippen LogP contribution in [0.15, 0.2) is 46.3 Å². The monoisotopic (exact) mass is 279 g/mol. The summed E-state index contributed by atoms with van der Waals surface area (Å²) in [4.78, 5) is 14.4. The molecular weight excluding hydrogens is 266 g/mol. The van der Waals surface area contributed by atoms with Gasteiger partial charge in [0, 0.05) is 11.8 Å². The Kier molecular flexibility index (Phi) is 3.44. The molecule has 2 aromatic rings. The number of carbonyl (C=O) groups is 1. The zero-order chi connectivity index (χ0) is 14.0. The molecule has 1 aromatic heterocycles. The normalized spacial score (nSPS) is 11.3. The van der Waals surface area contributed by atoms with Gasteiger partial charge in [-0.25, -0.2) is 13.2 Å². The van der Waals surface area contributed by atoms with Gasteiger partial charge < -0.3 is 9.72 Å².